The van der Waals surface area contributed by atoms with E-state index in [4.69, 9.17) is 14.2 Å². The number of carbonyl (C=O) groups is 4. The third-order valence-electron chi connectivity index (χ3n) is 6.00. The molecule has 0 atom stereocenters. The molecule has 1 aliphatic rings. The Morgan fingerprint density at radius 2 is 1.32 bits per heavy atom. The Morgan fingerprint density at radius 3 is 1.93 bits per heavy atom. The van der Waals surface area contributed by atoms with Crippen molar-refractivity contribution < 1.29 is 33.4 Å². The molecule has 0 aromatic heterocycles. The molecule has 3 aromatic rings. The molecule has 0 radical (unpaired) electrons. The Balaban J connectivity index is 1.14. The van der Waals surface area contributed by atoms with Crippen molar-refractivity contribution in [1.82, 2.24) is 4.90 Å². The maximum absolute atomic E-state index is 12.9. The van der Waals surface area contributed by atoms with Gasteiger partial charge in [0.1, 0.15) is 5.60 Å². The van der Waals surface area contributed by atoms with E-state index >= 15 is 0 Å². The molecule has 0 saturated carbocycles. The first-order chi connectivity index (χ1) is 19.1. The minimum atomic E-state index is -0.646. The van der Waals surface area contributed by atoms with Gasteiger partial charge in [-0.2, -0.15) is 0 Å². The number of anilines is 2. The lowest BCUT2D eigenvalue weighted by Crippen LogP contribution is -2.42. The van der Waals surface area contributed by atoms with Crippen molar-refractivity contribution in [3.05, 3.63) is 71.8 Å². The molecule has 0 bridgehead atoms. The number of rotatable bonds is 11. The summed E-state index contributed by atoms with van der Waals surface area (Å²) in [6.45, 7) is 6.24. The van der Waals surface area contributed by atoms with Gasteiger partial charge in [0.25, 0.3) is 11.8 Å². The Morgan fingerprint density at radius 1 is 0.750 bits per heavy atom. The predicted molar refractivity (Wildman–Crippen MR) is 150 cm³/mol. The van der Waals surface area contributed by atoms with E-state index in [0.717, 1.165) is 5.39 Å². The van der Waals surface area contributed by atoms with Crippen LogP contribution in [-0.4, -0.2) is 67.3 Å². The minimum Gasteiger partial charge on any atom is -0.444 e. The van der Waals surface area contributed by atoms with Gasteiger partial charge in [0.2, 0.25) is 5.91 Å². The number of para-hydroxylation sites is 2. The second kappa shape index (κ2) is 12.7. The van der Waals surface area contributed by atoms with Crippen LogP contribution in [0.4, 0.5) is 16.2 Å². The van der Waals surface area contributed by atoms with Gasteiger partial charge in [-0.15, -0.1) is 0 Å². The summed E-state index contributed by atoms with van der Waals surface area (Å²) in [5, 5.41) is 6.95. The van der Waals surface area contributed by atoms with E-state index in [1.807, 2.05) is 12.1 Å². The Kier molecular flexibility index (Phi) is 9.13. The highest BCUT2D eigenvalue weighted by Crippen LogP contribution is 2.29. The van der Waals surface area contributed by atoms with Crippen LogP contribution < -0.4 is 10.6 Å². The molecule has 40 heavy (non-hydrogen) atoms. The monoisotopic (exact) mass is 547 g/mol. The van der Waals surface area contributed by atoms with Crippen LogP contribution in [0.2, 0.25) is 0 Å². The summed E-state index contributed by atoms with van der Waals surface area (Å²) in [6.07, 6.45) is -0.517. The number of amides is 4. The van der Waals surface area contributed by atoms with Crippen molar-refractivity contribution >= 4 is 46.0 Å². The lowest BCUT2D eigenvalue weighted by Gasteiger charge is -2.27. The van der Waals surface area contributed by atoms with Crippen molar-refractivity contribution in [3.8, 4) is 0 Å². The highest BCUT2D eigenvalue weighted by Gasteiger charge is 2.32. The van der Waals surface area contributed by atoms with Crippen molar-refractivity contribution in [2.45, 2.75) is 32.8 Å². The van der Waals surface area contributed by atoms with Crippen LogP contribution in [0.15, 0.2) is 60.7 Å². The van der Waals surface area contributed by atoms with Crippen LogP contribution in [0.1, 0.15) is 47.9 Å². The van der Waals surface area contributed by atoms with Crippen LogP contribution >= 0.6 is 0 Å². The van der Waals surface area contributed by atoms with Crippen LogP contribution in [0.3, 0.4) is 0 Å². The summed E-state index contributed by atoms with van der Waals surface area (Å²) in [5.74, 6) is -0.942. The first-order valence-electron chi connectivity index (χ1n) is 13.1. The Bertz CT molecular complexity index is 1360. The zero-order valence-corrected chi connectivity index (χ0v) is 22.8. The van der Waals surface area contributed by atoms with E-state index < -0.39 is 11.7 Å². The average molecular weight is 548 g/mol. The largest absolute Gasteiger partial charge is 0.444 e. The second-order valence-corrected chi connectivity index (χ2v) is 10.2. The van der Waals surface area contributed by atoms with Crippen molar-refractivity contribution in [2.75, 3.05) is 43.6 Å². The van der Waals surface area contributed by atoms with Crippen molar-refractivity contribution in [1.29, 1.82) is 0 Å². The summed E-state index contributed by atoms with van der Waals surface area (Å²) in [6, 6.07) is 17.7. The van der Waals surface area contributed by atoms with Crippen LogP contribution in [0, 0.1) is 0 Å². The van der Waals surface area contributed by atoms with Crippen molar-refractivity contribution in [2.24, 2.45) is 0 Å². The number of hydrogen-bond donors (Lipinski definition) is 2. The van der Waals surface area contributed by atoms with Gasteiger partial charge in [-0.25, -0.2) is 4.79 Å². The van der Waals surface area contributed by atoms with Gasteiger partial charge >= 0.3 is 6.09 Å². The van der Waals surface area contributed by atoms with Gasteiger partial charge in [-0.3, -0.25) is 24.6 Å². The standard InChI is InChI=1S/C30H33N3O7/c1-30(2,3)40-29(37)32-24-13-5-4-12-23(24)31-25(34)14-16-38-18-19-39-17-15-33-27(35)21-10-6-8-20-9-7-11-22(26(20)21)28(33)36/h4-13H,14-19H2,1-3H3,(H,31,34)(H,32,37). The molecule has 210 valence electrons. The van der Waals surface area contributed by atoms with E-state index in [9.17, 15) is 19.2 Å². The maximum atomic E-state index is 12.9. The molecule has 1 aliphatic heterocycles. The fraction of sp³-hybridized carbons (Fsp3) is 0.333. The van der Waals surface area contributed by atoms with Crippen LogP contribution in [0.25, 0.3) is 10.8 Å². The normalized spacial score (nSPS) is 12.9. The quantitative estimate of drug-likeness (QED) is 0.260. The molecule has 4 rings (SSSR count). The highest BCUT2D eigenvalue weighted by molar-refractivity contribution is 6.25. The van der Waals surface area contributed by atoms with E-state index in [2.05, 4.69) is 10.6 Å². The van der Waals surface area contributed by atoms with Gasteiger partial charge in [0.15, 0.2) is 0 Å². The molecule has 0 unspecified atom stereocenters. The molecule has 3 aromatic carbocycles. The smallest absolute Gasteiger partial charge is 0.412 e. The van der Waals surface area contributed by atoms with Gasteiger partial charge in [-0.1, -0.05) is 36.4 Å². The number of nitrogens with zero attached hydrogens (tertiary/aromatic N) is 1. The fourth-order valence-electron chi connectivity index (χ4n) is 4.25. The van der Waals surface area contributed by atoms with Gasteiger partial charge in [-0.05, 0) is 50.4 Å². The third-order valence-corrected chi connectivity index (χ3v) is 6.00. The van der Waals surface area contributed by atoms with Gasteiger partial charge in [0, 0.05) is 16.5 Å². The lowest BCUT2D eigenvalue weighted by atomic mass is 9.94. The maximum Gasteiger partial charge on any atom is 0.412 e. The van der Waals surface area contributed by atoms with E-state index in [0.29, 0.717) is 27.9 Å². The predicted octanol–water partition coefficient (Wildman–Crippen LogP) is 4.84. The molecule has 2 N–H and O–H groups in total. The number of imide groups is 1. The molecular formula is C30H33N3O7. The highest BCUT2D eigenvalue weighted by atomic mass is 16.6. The molecule has 10 heteroatoms. The van der Waals surface area contributed by atoms with E-state index in [-0.39, 0.29) is 57.1 Å². The Labute approximate surface area is 232 Å². The molecule has 1 heterocycles. The van der Waals surface area contributed by atoms with Crippen molar-refractivity contribution in [3.63, 3.8) is 0 Å². The number of nitrogens with one attached hydrogen (secondary N) is 2. The van der Waals surface area contributed by atoms with Gasteiger partial charge < -0.3 is 19.5 Å². The first kappa shape index (κ1) is 28.7. The van der Waals surface area contributed by atoms with Crippen LogP contribution in [0.5, 0.6) is 0 Å². The number of benzene rings is 3. The molecule has 0 spiro atoms. The fourth-order valence-corrected chi connectivity index (χ4v) is 4.25. The molecule has 4 amide bonds. The number of carbonyl (C=O) groups excluding carboxylic acids is 4. The number of ether oxygens (including phenoxy) is 3. The second-order valence-electron chi connectivity index (χ2n) is 10.2. The molecular weight excluding hydrogens is 514 g/mol. The van der Waals surface area contributed by atoms with Gasteiger partial charge in [0.05, 0.1) is 50.8 Å². The topological polar surface area (TPSA) is 123 Å². The molecule has 0 fully saturated rings. The summed E-state index contributed by atoms with van der Waals surface area (Å²) in [5.41, 5.74) is 1.25. The summed E-state index contributed by atoms with van der Waals surface area (Å²) in [4.78, 5) is 51.5. The molecule has 0 saturated heterocycles. The summed E-state index contributed by atoms with van der Waals surface area (Å²) in [7, 11) is 0. The average Bonchev–Trinajstić information content (AvgIpc) is 2.90. The molecule has 10 nitrogen and oxygen atoms in total. The molecule has 0 aliphatic carbocycles. The SMILES string of the molecule is CC(C)(C)OC(=O)Nc1ccccc1NC(=O)CCOCCOCCN1C(=O)c2cccc3cccc(c23)C1=O. The Hall–Kier alpha value is -4.28. The summed E-state index contributed by atoms with van der Waals surface area (Å²) >= 11 is 0. The minimum absolute atomic E-state index is 0.0997. The third kappa shape index (κ3) is 7.22. The zero-order chi connectivity index (χ0) is 28.7. The zero-order valence-electron chi connectivity index (χ0n) is 22.8. The van der Waals surface area contributed by atoms with E-state index in [1.54, 1.807) is 69.3 Å². The lowest BCUT2D eigenvalue weighted by molar-refractivity contribution is -0.117. The number of hydrogen-bond acceptors (Lipinski definition) is 7. The van der Waals surface area contributed by atoms with Crippen LogP contribution in [-0.2, 0) is 19.0 Å². The first-order valence-corrected chi connectivity index (χ1v) is 13.1. The summed E-state index contributed by atoms with van der Waals surface area (Å²) < 4.78 is 16.3. The van der Waals surface area contributed by atoms with E-state index in [1.165, 1.54) is 4.90 Å².